The summed E-state index contributed by atoms with van der Waals surface area (Å²) in [5.74, 6) is 5.54. The van der Waals surface area contributed by atoms with Gasteiger partial charge in [0.15, 0.2) is 5.78 Å². The van der Waals surface area contributed by atoms with Crippen molar-refractivity contribution >= 4 is 21.7 Å². The Labute approximate surface area is 200 Å². The number of carbonyl (C=O) groups excluding carboxylic acids is 1. The molecule has 0 N–H and O–H groups in total. The molecule has 0 bridgehead atoms. The largest absolute Gasteiger partial charge is 0.293 e. The molecule has 174 valence electrons. The first-order valence-corrected chi connectivity index (χ1v) is 14.1. The minimum absolute atomic E-state index is 0.0208. The molecule has 2 heteroatoms. The summed E-state index contributed by atoms with van der Waals surface area (Å²) in [4.78, 5) is 13.5. The van der Waals surface area contributed by atoms with Crippen molar-refractivity contribution in [1.29, 1.82) is 0 Å². The number of fused-ring (bicyclic) bond motifs is 5. The average molecular weight is 490 g/mol. The first-order chi connectivity index (χ1) is 14.6. The van der Waals surface area contributed by atoms with Crippen molar-refractivity contribution in [1.82, 2.24) is 0 Å². The molecular weight excluding hydrogens is 444 g/mol. The van der Waals surface area contributed by atoms with E-state index in [0.29, 0.717) is 29.0 Å². The molecule has 0 aromatic carbocycles. The summed E-state index contributed by atoms with van der Waals surface area (Å²) >= 11 is 3.96. The summed E-state index contributed by atoms with van der Waals surface area (Å²) < 4.78 is 0. The van der Waals surface area contributed by atoms with Crippen molar-refractivity contribution in [2.75, 3.05) is 0 Å². The van der Waals surface area contributed by atoms with Gasteiger partial charge in [0.05, 0.1) is 4.83 Å². The Morgan fingerprint density at radius 2 is 1.84 bits per heavy atom. The molecule has 0 aromatic heterocycles. The van der Waals surface area contributed by atoms with Gasteiger partial charge in [-0.25, -0.2) is 0 Å². The van der Waals surface area contributed by atoms with Crippen LogP contribution in [0, 0.1) is 52.3 Å². The maximum atomic E-state index is 13.5. The lowest BCUT2D eigenvalue weighted by Crippen LogP contribution is -2.57. The van der Waals surface area contributed by atoms with E-state index in [0.717, 1.165) is 35.7 Å². The van der Waals surface area contributed by atoms with Gasteiger partial charge < -0.3 is 0 Å². The van der Waals surface area contributed by atoms with Gasteiger partial charge in [0.2, 0.25) is 0 Å². The van der Waals surface area contributed by atoms with Crippen molar-refractivity contribution in [3.8, 4) is 0 Å². The van der Waals surface area contributed by atoms with Crippen molar-refractivity contribution in [2.45, 2.75) is 97.7 Å². The predicted octanol–water partition coefficient (Wildman–Crippen LogP) is 8.38. The van der Waals surface area contributed by atoms with Gasteiger partial charge in [-0.15, -0.1) is 0 Å². The number of carbonyl (C=O) groups is 1. The molecule has 31 heavy (non-hydrogen) atoms. The first-order valence-electron chi connectivity index (χ1n) is 13.2. The van der Waals surface area contributed by atoms with Gasteiger partial charge in [-0.3, -0.25) is 4.79 Å². The molecule has 4 rings (SSSR count). The summed E-state index contributed by atoms with van der Waals surface area (Å²) in [6.45, 7) is 14.7. The number of allylic oxidation sites excluding steroid dienone is 4. The van der Waals surface area contributed by atoms with Gasteiger partial charge in [0.1, 0.15) is 0 Å². The molecule has 0 spiro atoms. The number of alkyl halides is 1. The fraction of sp³-hybridized carbons (Fsp3) is 0.828. The van der Waals surface area contributed by atoms with Crippen molar-refractivity contribution < 1.29 is 4.79 Å². The maximum absolute atomic E-state index is 13.5. The molecule has 0 unspecified atom stereocenters. The van der Waals surface area contributed by atoms with E-state index in [1.165, 1.54) is 44.9 Å². The average Bonchev–Trinajstić information content (AvgIpc) is 3.09. The van der Waals surface area contributed by atoms with E-state index >= 15 is 0 Å². The lowest BCUT2D eigenvalue weighted by molar-refractivity contribution is -0.126. The van der Waals surface area contributed by atoms with Crippen LogP contribution in [0.25, 0.3) is 0 Å². The van der Waals surface area contributed by atoms with E-state index in [2.05, 4.69) is 75.7 Å². The van der Waals surface area contributed by atoms with Crippen LogP contribution in [0.3, 0.4) is 0 Å². The highest BCUT2D eigenvalue weighted by molar-refractivity contribution is 9.10. The molecule has 0 aromatic rings. The van der Waals surface area contributed by atoms with E-state index in [1.807, 2.05) is 0 Å². The lowest BCUT2D eigenvalue weighted by Gasteiger charge is -2.59. The van der Waals surface area contributed by atoms with Crippen LogP contribution in [0.2, 0.25) is 0 Å². The highest BCUT2D eigenvalue weighted by atomic mass is 79.9. The quantitative estimate of drug-likeness (QED) is 0.343. The molecule has 9 atom stereocenters. The smallest absolute Gasteiger partial charge is 0.173 e. The molecule has 0 saturated heterocycles. The molecule has 0 heterocycles. The highest BCUT2D eigenvalue weighted by Gasteiger charge is 2.63. The number of halogens is 1. The van der Waals surface area contributed by atoms with Crippen molar-refractivity contribution in [2.24, 2.45) is 52.3 Å². The standard InChI is InChI=1S/C29H45BrO/c1-7-20(18(2)3)12-11-19(4)21-13-14-22-25-23(15-17-29(21,22)6)28(5)16-9-8-10-24(28)27(31)26(25)30/h8-10,18-23,25-26H,7,11-17H2,1-6H3/t19-,20-,21-,22+,23+,25+,26+,28-,29-/m1/s1. The molecule has 1 nitrogen and oxygen atoms in total. The fourth-order valence-corrected chi connectivity index (χ4v) is 9.81. The van der Waals surface area contributed by atoms with Crippen LogP contribution in [0.1, 0.15) is 92.9 Å². The molecule has 3 saturated carbocycles. The third-order valence-electron chi connectivity index (χ3n) is 10.8. The van der Waals surface area contributed by atoms with Crippen LogP contribution >= 0.6 is 15.9 Å². The Hall–Kier alpha value is -0.370. The summed E-state index contributed by atoms with van der Waals surface area (Å²) in [7, 11) is 0. The molecule has 0 amide bonds. The van der Waals surface area contributed by atoms with Gasteiger partial charge in [-0.2, -0.15) is 0 Å². The van der Waals surface area contributed by atoms with Gasteiger partial charge in [-0.1, -0.05) is 88.5 Å². The zero-order valence-electron chi connectivity index (χ0n) is 20.8. The van der Waals surface area contributed by atoms with Gasteiger partial charge in [0.25, 0.3) is 0 Å². The normalized spacial score (nSPS) is 43.8. The molecule has 0 radical (unpaired) electrons. The Balaban J connectivity index is 1.55. The van der Waals surface area contributed by atoms with Crippen molar-refractivity contribution in [3.63, 3.8) is 0 Å². The summed E-state index contributed by atoms with van der Waals surface area (Å²) in [6, 6.07) is 0. The van der Waals surface area contributed by atoms with E-state index in [9.17, 15) is 4.79 Å². The highest BCUT2D eigenvalue weighted by Crippen LogP contribution is 2.67. The second-order valence-corrected chi connectivity index (χ2v) is 13.4. The Morgan fingerprint density at radius 3 is 2.52 bits per heavy atom. The minimum Gasteiger partial charge on any atom is -0.293 e. The number of hydrogen-bond acceptors (Lipinski definition) is 1. The number of rotatable bonds is 6. The number of Topliss-reactive ketones (excluding diaryl/α,β-unsaturated/α-hetero) is 1. The van der Waals surface area contributed by atoms with E-state index in [-0.39, 0.29) is 10.2 Å². The maximum Gasteiger partial charge on any atom is 0.173 e. The molecular formula is C29H45BrO. The second-order valence-electron chi connectivity index (χ2n) is 12.4. The van der Waals surface area contributed by atoms with Crippen LogP contribution in [0.5, 0.6) is 0 Å². The molecule has 4 aliphatic carbocycles. The van der Waals surface area contributed by atoms with Crippen LogP contribution < -0.4 is 0 Å². The zero-order chi connectivity index (χ0) is 22.6. The molecule has 4 aliphatic rings. The van der Waals surface area contributed by atoms with Gasteiger partial charge in [0, 0.05) is 11.0 Å². The Bertz CT molecular complexity index is 750. The third-order valence-corrected chi connectivity index (χ3v) is 11.8. The lowest BCUT2D eigenvalue weighted by atomic mass is 9.46. The first kappa shape index (κ1) is 23.8. The zero-order valence-corrected chi connectivity index (χ0v) is 22.4. The molecule has 0 aliphatic heterocycles. The molecule has 3 fully saturated rings. The summed E-state index contributed by atoms with van der Waals surface area (Å²) in [5.41, 5.74) is 1.57. The number of hydrogen-bond donors (Lipinski definition) is 0. The van der Waals surface area contributed by atoms with E-state index < -0.39 is 0 Å². The minimum atomic E-state index is 0.0208. The topological polar surface area (TPSA) is 17.1 Å². The van der Waals surface area contributed by atoms with Crippen molar-refractivity contribution in [3.05, 3.63) is 23.8 Å². The van der Waals surface area contributed by atoms with Crippen LogP contribution in [-0.4, -0.2) is 10.6 Å². The summed E-state index contributed by atoms with van der Waals surface area (Å²) in [6.07, 6.45) is 17.0. The monoisotopic (exact) mass is 488 g/mol. The third kappa shape index (κ3) is 3.75. The second kappa shape index (κ2) is 8.77. The SMILES string of the molecule is CC[C@H](CC[C@@H](C)[C@H]1CC[C@H]2[C@@H]3[C@H](Br)C(=O)C4=CC=CC[C@]4(C)[C@H]3CC[C@]12C)C(C)C. The van der Waals surface area contributed by atoms with Crippen LogP contribution in [0.15, 0.2) is 23.8 Å². The fourth-order valence-electron chi connectivity index (χ4n) is 8.82. The van der Waals surface area contributed by atoms with Crippen LogP contribution in [0.4, 0.5) is 0 Å². The van der Waals surface area contributed by atoms with E-state index in [1.54, 1.807) is 0 Å². The summed E-state index contributed by atoms with van der Waals surface area (Å²) in [5, 5.41) is 0. The van der Waals surface area contributed by atoms with Gasteiger partial charge in [-0.05, 0) is 85.4 Å². The van der Waals surface area contributed by atoms with E-state index in [4.69, 9.17) is 0 Å². The Morgan fingerprint density at radius 1 is 1.10 bits per heavy atom. The predicted molar refractivity (Wildman–Crippen MR) is 135 cm³/mol. The van der Waals surface area contributed by atoms with Crippen LogP contribution in [-0.2, 0) is 4.79 Å². The Kier molecular flexibility index (Phi) is 6.73. The van der Waals surface area contributed by atoms with Gasteiger partial charge >= 0.3 is 0 Å². The number of ketones is 1.